The first-order valence-electron chi connectivity index (χ1n) is 5.00. The van der Waals surface area contributed by atoms with E-state index in [1.54, 1.807) is 0 Å². The third kappa shape index (κ3) is 2.84. The molecule has 1 aliphatic heterocycles. The van der Waals surface area contributed by atoms with Crippen LogP contribution < -0.4 is 5.32 Å². The second-order valence-electron chi connectivity index (χ2n) is 3.90. The minimum Gasteiger partial charge on any atom is -0.339 e. The lowest BCUT2D eigenvalue weighted by Crippen LogP contribution is -2.49. The molecule has 0 aromatic rings. The summed E-state index contributed by atoms with van der Waals surface area (Å²) < 4.78 is 49.3. The second kappa shape index (κ2) is 4.99. The predicted molar refractivity (Wildman–Crippen MR) is 49.6 cm³/mol. The minimum absolute atomic E-state index is 0.0289. The molecule has 0 aliphatic carbocycles. The zero-order chi connectivity index (χ0) is 12.3. The van der Waals surface area contributed by atoms with Crippen molar-refractivity contribution in [2.24, 2.45) is 0 Å². The van der Waals surface area contributed by atoms with E-state index in [0.29, 0.717) is 4.90 Å². The molecule has 0 aromatic carbocycles. The van der Waals surface area contributed by atoms with E-state index in [1.807, 2.05) is 0 Å². The van der Waals surface area contributed by atoms with Gasteiger partial charge in [0.2, 0.25) is 0 Å². The maximum absolute atomic E-state index is 12.7. The van der Waals surface area contributed by atoms with Crippen molar-refractivity contribution in [1.82, 2.24) is 10.2 Å². The number of carbonyl (C=O) groups is 1. The Hall–Kier alpha value is -0.850. The van der Waals surface area contributed by atoms with E-state index in [9.17, 15) is 22.4 Å². The van der Waals surface area contributed by atoms with Crippen molar-refractivity contribution in [3.8, 4) is 0 Å². The number of halogens is 4. The van der Waals surface area contributed by atoms with Gasteiger partial charge in [-0.25, -0.2) is 8.78 Å². The third-order valence-corrected chi connectivity index (χ3v) is 2.56. The summed E-state index contributed by atoms with van der Waals surface area (Å²) in [5.41, 5.74) is 0. The number of hydrogen-bond donors (Lipinski definition) is 1. The molecule has 1 N–H and O–H groups in total. The van der Waals surface area contributed by atoms with Crippen molar-refractivity contribution >= 4 is 5.91 Å². The lowest BCUT2D eigenvalue weighted by Gasteiger charge is -2.25. The zero-order valence-electron chi connectivity index (χ0n) is 8.85. The Balaban J connectivity index is 2.52. The van der Waals surface area contributed by atoms with Gasteiger partial charge in [-0.15, -0.1) is 0 Å². The quantitative estimate of drug-likeness (QED) is 0.749. The van der Waals surface area contributed by atoms with Crippen molar-refractivity contribution in [1.29, 1.82) is 0 Å². The second-order valence-corrected chi connectivity index (χ2v) is 3.90. The number of nitrogens with one attached hydrogen (secondary N) is 1. The molecule has 0 aromatic heterocycles. The summed E-state index contributed by atoms with van der Waals surface area (Å²) in [5.74, 6) is -6.41. The summed E-state index contributed by atoms with van der Waals surface area (Å²) in [4.78, 5) is 11.7. The van der Waals surface area contributed by atoms with Gasteiger partial charge in [0.05, 0.1) is 0 Å². The van der Waals surface area contributed by atoms with Crippen LogP contribution in [-0.4, -0.2) is 49.3 Å². The number of amides is 1. The van der Waals surface area contributed by atoms with Crippen LogP contribution in [0.1, 0.15) is 12.8 Å². The molecule has 1 rings (SSSR count). The highest BCUT2D eigenvalue weighted by atomic mass is 19.3. The van der Waals surface area contributed by atoms with E-state index < -0.39 is 18.3 Å². The van der Waals surface area contributed by atoms with Crippen molar-refractivity contribution in [2.45, 2.75) is 31.2 Å². The predicted octanol–water partition coefficient (Wildman–Crippen LogP) is 1.10. The maximum atomic E-state index is 12.7. The van der Waals surface area contributed by atoms with E-state index in [0.717, 1.165) is 26.4 Å². The third-order valence-electron chi connectivity index (χ3n) is 2.56. The van der Waals surface area contributed by atoms with Gasteiger partial charge in [-0.1, -0.05) is 0 Å². The fourth-order valence-corrected chi connectivity index (χ4v) is 1.67. The summed E-state index contributed by atoms with van der Waals surface area (Å²) >= 11 is 0. The smallest absolute Gasteiger partial charge is 0.339 e. The van der Waals surface area contributed by atoms with Gasteiger partial charge in [0, 0.05) is 19.6 Å². The van der Waals surface area contributed by atoms with Crippen LogP contribution in [0.5, 0.6) is 0 Å². The fraction of sp³-hybridized carbons (Fsp3) is 0.889. The normalized spacial score (nSPS) is 21.5. The summed E-state index contributed by atoms with van der Waals surface area (Å²) in [6.45, 7) is 0.791. The van der Waals surface area contributed by atoms with Gasteiger partial charge in [0.25, 0.3) is 5.91 Å². The first-order valence-corrected chi connectivity index (χ1v) is 5.00. The van der Waals surface area contributed by atoms with Crippen molar-refractivity contribution in [2.75, 3.05) is 20.1 Å². The van der Waals surface area contributed by atoms with Crippen LogP contribution in [0.2, 0.25) is 0 Å². The van der Waals surface area contributed by atoms with E-state index in [4.69, 9.17) is 0 Å². The van der Waals surface area contributed by atoms with E-state index >= 15 is 0 Å². The summed E-state index contributed by atoms with van der Waals surface area (Å²) in [6.07, 6.45) is -2.30. The Labute approximate surface area is 90.8 Å². The number of hydrogen-bond acceptors (Lipinski definition) is 2. The van der Waals surface area contributed by atoms with Gasteiger partial charge < -0.3 is 10.2 Å². The number of nitrogens with zero attached hydrogens (tertiary/aromatic N) is 1. The summed E-state index contributed by atoms with van der Waals surface area (Å²) in [7, 11) is 1.11. The highest BCUT2D eigenvalue weighted by Crippen LogP contribution is 2.25. The van der Waals surface area contributed by atoms with Crippen LogP contribution in [0.25, 0.3) is 0 Å². The zero-order valence-corrected chi connectivity index (χ0v) is 8.85. The van der Waals surface area contributed by atoms with Crippen molar-refractivity contribution in [3.05, 3.63) is 0 Å². The Morgan fingerprint density at radius 1 is 1.56 bits per heavy atom. The van der Waals surface area contributed by atoms with Gasteiger partial charge >= 0.3 is 12.3 Å². The molecule has 0 spiro atoms. The topological polar surface area (TPSA) is 32.3 Å². The van der Waals surface area contributed by atoms with Gasteiger partial charge in [0.15, 0.2) is 0 Å². The first-order chi connectivity index (χ1) is 7.35. The van der Waals surface area contributed by atoms with Crippen molar-refractivity contribution < 1.29 is 22.4 Å². The molecule has 1 fully saturated rings. The SMILES string of the molecule is CN(CC1CCCN1)C(=O)C(F)(F)C(F)F. The largest absolute Gasteiger partial charge is 0.383 e. The molecular weight excluding hydrogens is 228 g/mol. The molecule has 94 valence electrons. The van der Waals surface area contributed by atoms with Crippen molar-refractivity contribution in [3.63, 3.8) is 0 Å². The number of carbonyl (C=O) groups excluding carboxylic acids is 1. The van der Waals surface area contributed by atoms with Crippen LogP contribution in [0, 0.1) is 0 Å². The molecule has 0 saturated carbocycles. The Morgan fingerprint density at radius 3 is 2.62 bits per heavy atom. The lowest BCUT2D eigenvalue weighted by molar-refractivity contribution is -0.179. The Kier molecular flexibility index (Phi) is 4.12. The van der Waals surface area contributed by atoms with Crippen LogP contribution >= 0.6 is 0 Å². The number of likely N-dealkylation sites (N-methyl/N-ethyl adjacent to an activating group) is 1. The lowest BCUT2D eigenvalue weighted by atomic mass is 10.2. The van der Waals surface area contributed by atoms with E-state index in [2.05, 4.69) is 5.32 Å². The molecule has 1 aliphatic rings. The van der Waals surface area contributed by atoms with Gasteiger partial charge in [0.1, 0.15) is 0 Å². The highest BCUT2D eigenvalue weighted by molar-refractivity contribution is 5.83. The van der Waals surface area contributed by atoms with Crippen LogP contribution in [0.15, 0.2) is 0 Å². The summed E-state index contributed by atoms with van der Waals surface area (Å²) in [6, 6.07) is -0.0811. The molecule has 1 atom stereocenters. The summed E-state index contributed by atoms with van der Waals surface area (Å²) in [5, 5.41) is 3.00. The molecule has 0 radical (unpaired) electrons. The molecule has 16 heavy (non-hydrogen) atoms. The molecule has 1 amide bonds. The van der Waals surface area contributed by atoms with Crippen LogP contribution in [0.3, 0.4) is 0 Å². The van der Waals surface area contributed by atoms with Crippen LogP contribution in [-0.2, 0) is 4.79 Å². The number of alkyl halides is 4. The first kappa shape index (κ1) is 13.2. The van der Waals surface area contributed by atoms with Crippen LogP contribution in [0.4, 0.5) is 17.6 Å². The molecule has 1 heterocycles. The van der Waals surface area contributed by atoms with Gasteiger partial charge in [-0.2, -0.15) is 8.78 Å². The molecule has 0 bridgehead atoms. The maximum Gasteiger partial charge on any atom is 0.383 e. The van der Waals surface area contributed by atoms with Gasteiger partial charge in [-0.05, 0) is 19.4 Å². The highest BCUT2D eigenvalue weighted by Gasteiger charge is 2.50. The minimum atomic E-state index is -4.59. The molecule has 3 nitrogen and oxygen atoms in total. The molecule has 7 heteroatoms. The standard InChI is InChI=1S/C9H14F4N2O/c1-15(5-6-3-2-4-14-6)8(16)9(12,13)7(10)11/h6-7,14H,2-5H2,1H3. The Bertz CT molecular complexity index is 254. The van der Waals surface area contributed by atoms with Gasteiger partial charge in [-0.3, -0.25) is 4.79 Å². The molecular formula is C9H14F4N2O. The Morgan fingerprint density at radius 2 is 2.19 bits per heavy atom. The van der Waals surface area contributed by atoms with E-state index in [-0.39, 0.29) is 12.6 Å². The fourth-order valence-electron chi connectivity index (χ4n) is 1.67. The molecule has 1 unspecified atom stereocenters. The molecule has 1 saturated heterocycles. The van der Waals surface area contributed by atoms with E-state index in [1.165, 1.54) is 0 Å². The average molecular weight is 242 g/mol. The number of rotatable bonds is 4. The monoisotopic (exact) mass is 242 g/mol. The average Bonchev–Trinajstić information content (AvgIpc) is 2.68.